The molecule has 0 aliphatic rings. The van der Waals surface area contributed by atoms with E-state index >= 15 is 0 Å². The van der Waals surface area contributed by atoms with Crippen LogP contribution in [0, 0.1) is 34.6 Å². The van der Waals surface area contributed by atoms with Gasteiger partial charge in [0.1, 0.15) is 0 Å². The van der Waals surface area contributed by atoms with E-state index in [1.54, 1.807) is 0 Å². The van der Waals surface area contributed by atoms with Crippen molar-refractivity contribution in [1.29, 1.82) is 0 Å². The number of benzene rings is 20. The van der Waals surface area contributed by atoms with Gasteiger partial charge in [-0.15, -0.1) is 0 Å². The summed E-state index contributed by atoms with van der Waals surface area (Å²) in [7, 11) is -5.92. The van der Waals surface area contributed by atoms with Crippen molar-refractivity contribution in [3.63, 3.8) is 0 Å². The standard InChI is InChI=1S/C32H26.C31H26Si.C26H22.C25H22Si.C16H20Si/c2*1-25-17-19-26(20-18-25)27-21-23-31(24-22-27)32(28-11-5-2-6-12-28,29-13-7-3-8-14-29)30-15-9-4-10-16-30;2*1-21-17-19-25(20-18-21)26(22-11-5-2-6-12-22,23-13-7-3-8-14-23)24-15-9-4-10-16-24;1-13-5-7-14(8-6-13)15-9-11-16(12-10-15)17(2,3)4/h2*2-24H,1H3;2*2-20H,1H3;5-12H,1-4H3. The first-order valence-electron chi connectivity index (χ1n) is 46.5. The summed E-state index contributed by atoms with van der Waals surface area (Å²) in [6.07, 6.45) is 0. The fourth-order valence-electron chi connectivity index (χ4n) is 19.1. The molecule has 3 heteroatoms. The molecule has 0 radical (unpaired) electrons. The Morgan fingerprint density at radius 3 is 0.429 bits per heavy atom. The van der Waals surface area contributed by atoms with Crippen LogP contribution in [-0.4, -0.2) is 24.2 Å². The Morgan fingerprint density at radius 2 is 0.241 bits per heavy atom. The molecule has 20 aromatic carbocycles. The molecule has 20 aromatic rings. The molecule has 0 atom stereocenters. The minimum Gasteiger partial charge on any atom is -0.0656 e. The zero-order chi connectivity index (χ0) is 91.7. The van der Waals surface area contributed by atoms with Gasteiger partial charge in [-0.2, -0.15) is 0 Å². The molecule has 0 saturated carbocycles. The Labute approximate surface area is 793 Å². The number of hydrogen-bond acceptors (Lipinski definition) is 0. The van der Waals surface area contributed by atoms with Crippen LogP contribution in [0.3, 0.4) is 0 Å². The lowest BCUT2D eigenvalue weighted by molar-refractivity contribution is 0.745. The van der Waals surface area contributed by atoms with Crippen LogP contribution in [-0.2, 0) is 10.8 Å². The summed E-state index contributed by atoms with van der Waals surface area (Å²) in [5, 5.41) is 12.8. The largest absolute Gasteiger partial charge is 0.179 e. The molecule has 0 N–H and O–H groups in total. The second kappa shape index (κ2) is 43.2. The predicted molar refractivity (Wildman–Crippen MR) is 579 cm³/mol. The summed E-state index contributed by atoms with van der Waals surface area (Å²) in [5.74, 6) is 0. The Balaban J connectivity index is 0.000000123. The van der Waals surface area contributed by atoms with Gasteiger partial charge in [-0.05, 0) is 154 Å². The zero-order valence-corrected chi connectivity index (χ0v) is 80.6. The highest BCUT2D eigenvalue weighted by Crippen LogP contribution is 2.47. The Morgan fingerprint density at radius 1 is 0.120 bits per heavy atom. The maximum absolute atomic E-state index is 2.43. The first kappa shape index (κ1) is 91.4. The fraction of sp³-hybridized carbons (Fsp3) is 0.0769. The van der Waals surface area contributed by atoms with Crippen molar-refractivity contribution in [1.82, 2.24) is 0 Å². The molecule has 0 saturated heterocycles. The van der Waals surface area contributed by atoms with Crippen LogP contribution in [0.5, 0.6) is 0 Å². The molecule has 648 valence electrons. The average Bonchev–Trinajstić information content (AvgIpc) is 0.759. The van der Waals surface area contributed by atoms with Crippen LogP contribution in [0.15, 0.2) is 558 Å². The molecule has 0 bridgehead atoms. The molecule has 20 rings (SSSR count). The van der Waals surface area contributed by atoms with Gasteiger partial charge in [-0.25, -0.2) is 0 Å². The Hall–Kier alpha value is -14.9. The number of hydrogen-bond donors (Lipinski definition) is 0. The third-order valence-corrected chi connectivity index (χ3v) is 37.7. The van der Waals surface area contributed by atoms with Gasteiger partial charge in [-0.3, -0.25) is 0 Å². The summed E-state index contributed by atoms with van der Waals surface area (Å²) in [6.45, 7) is 17.8. The highest BCUT2D eigenvalue weighted by molar-refractivity contribution is 7.20. The predicted octanol–water partition coefficient (Wildman–Crippen LogP) is 27.0. The SMILES string of the molecule is Cc1ccc(-c2ccc(C(c3ccccc3)(c3ccccc3)c3ccccc3)cc2)cc1.Cc1ccc(-c2ccc([Si](C)(C)C)cc2)cc1.Cc1ccc(-c2ccc([Si](c3ccccc3)(c3ccccc3)c3ccccc3)cc2)cc1.Cc1ccc(C(c2ccccc2)(c2ccccc2)c2ccccc2)cc1.Cc1ccc([Si](c2ccccc2)(c2ccccc2)c2ccccc2)cc1. The molecule has 0 unspecified atom stereocenters. The molecule has 133 heavy (non-hydrogen) atoms. The number of rotatable bonds is 20. The molecular weight excluding hydrogens is 1650 g/mol. The quantitative estimate of drug-likeness (QED) is 0.0527. The van der Waals surface area contributed by atoms with Gasteiger partial charge in [0.25, 0.3) is 0 Å². The van der Waals surface area contributed by atoms with Gasteiger partial charge in [0.05, 0.1) is 18.9 Å². The van der Waals surface area contributed by atoms with E-state index in [4.69, 9.17) is 0 Å². The zero-order valence-electron chi connectivity index (χ0n) is 77.6. The van der Waals surface area contributed by atoms with E-state index in [-0.39, 0.29) is 5.41 Å². The van der Waals surface area contributed by atoms with Crippen LogP contribution in [0.1, 0.15) is 72.3 Å². The fourth-order valence-corrected chi connectivity index (χ4v) is 29.7. The van der Waals surface area contributed by atoms with Gasteiger partial charge in [0.2, 0.25) is 0 Å². The van der Waals surface area contributed by atoms with Crippen molar-refractivity contribution in [3.8, 4) is 33.4 Å². The summed E-state index contributed by atoms with van der Waals surface area (Å²) in [5.41, 5.74) is 23.5. The van der Waals surface area contributed by atoms with Gasteiger partial charge < -0.3 is 0 Å². The lowest BCUT2D eigenvalue weighted by Gasteiger charge is -2.37. The second-order valence-electron chi connectivity index (χ2n) is 35.7. The minimum absolute atomic E-state index is 0.336. The van der Waals surface area contributed by atoms with E-state index in [2.05, 4.69) is 612 Å². The molecule has 0 spiro atoms. The summed E-state index contributed by atoms with van der Waals surface area (Å²) >= 11 is 0. The van der Waals surface area contributed by atoms with Crippen LogP contribution >= 0.6 is 0 Å². The van der Waals surface area contributed by atoms with Gasteiger partial charge in [0.15, 0.2) is 16.1 Å². The minimum atomic E-state index is -2.43. The van der Waals surface area contributed by atoms with E-state index in [1.807, 2.05) is 0 Å². The van der Waals surface area contributed by atoms with Gasteiger partial charge >= 0.3 is 0 Å². The Bertz CT molecular complexity index is 6130. The summed E-state index contributed by atoms with van der Waals surface area (Å²) in [4.78, 5) is 0. The molecule has 0 heterocycles. The van der Waals surface area contributed by atoms with Crippen LogP contribution in [0.25, 0.3) is 33.4 Å². The smallest absolute Gasteiger partial charge is 0.0656 e. The normalized spacial score (nSPS) is 11.3. The van der Waals surface area contributed by atoms with Crippen LogP contribution in [0.2, 0.25) is 19.6 Å². The van der Waals surface area contributed by atoms with Crippen LogP contribution < -0.4 is 46.7 Å². The first-order chi connectivity index (χ1) is 65.2. The summed E-state index contributed by atoms with van der Waals surface area (Å²) < 4.78 is 0. The summed E-state index contributed by atoms with van der Waals surface area (Å²) in [6, 6.07) is 203. The van der Waals surface area contributed by atoms with Gasteiger partial charge in [-0.1, -0.05) is 611 Å². The highest BCUT2D eigenvalue weighted by atomic mass is 28.3. The van der Waals surface area contributed by atoms with E-state index in [1.165, 1.54) is 152 Å². The third kappa shape index (κ3) is 20.5. The number of aryl methyl sites for hydroxylation is 5. The molecular formula is C130H116Si3. The Kier molecular flexibility index (Phi) is 29.7. The topological polar surface area (TPSA) is 0 Å². The van der Waals surface area contributed by atoms with Crippen LogP contribution in [0.4, 0.5) is 0 Å². The van der Waals surface area contributed by atoms with Crippen molar-refractivity contribution in [2.75, 3.05) is 0 Å². The molecule has 0 amide bonds. The first-order valence-corrected chi connectivity index (χ1v) is 54.0. The maximum Gasteiger partial charge on any atom is 0.179 e. The van der Waals surface area contributed by atoms with Crippen molar-refractivity contribution in [2.24, 2.45) is 0 Å². The second-order valence-corrected chi connectivity index (χ2v) is 48.4. The van der Waals surface area contributed by atoms with Crippen molar-refractivity contribution >= 4 is 70.9 Å². The third-order valence-electron chi connectivity index (χ3n) is 26.0. The average molecular weight is 1760 g/mol. The van der Waals surface area contributed by atoms with E-state index in [0.29, 0.717) is 0 Å². The molecule has 0 aliphatic carbocycles. The lowest BCUT2D eigenvalue weighted by atomic mass is 9.65. The van der Waals surface area contributed by atoms with Gasteiger partial charge in [0, 0.05) is 0 Å². The molecule has 0 aliphatic heterocycles. The van der Waals surface area contributed by atoms with Crippen molar-refractivity contribution in [3.05, 3.63) is 630 Å². The van der Waals surface area contributed by atoms with E-state index in [0.717, 1.165) is 0 Å². The molecule has 0 fully saturated rings. The maximum atomic E-state index is 2.38. The lowest BCUT2D eigenvalue weighted by Crippen LogP contribution is -2.74. The van der Waals surface area contributed by atoms with E-state index < -0.39 is 29.6 Å². The molecule has 0 aromatic heterocycles. The van der Waals surface area contributed by atoms with Crippen molar-refractivity contribution < 1.29 is 0 Å². The monoisotopic (exact) mass is 1760 g/mol. The molecule has 0 nitrogen and oxygen atoms in total. The van der Waals surface area contributed by atoms with E-state index in [9.17, 15) is 0 Å². The van der Waals surface area contributed by atoms with Crippen molar-refractivity contribution in [2.45, 2.75) is 65.1 Å². The highest BCUT2D eigenvalue weighted by Gasteiger charge is 2.44.